The summed E-state index contributed by atoms with van der Waals surface area (Å²) in [5.74, 6) is 0. The minimum atomic E-state index is -0.635. The molecule has 2 unspecified atom stereocenters. The van der Waals surface area contributed by atoms with Crippen LogP contribution in [-0.2, 0) is 0 Å². The van der Waals surface area contributed by atoms with Crippen molar-refractivity contribution in [3.05, 3.63) is 0 Å². The fourth-order valence-corrected chi connectivity index (χ4v) is 0.241. The first-order chi connectivity index (χ1) is 3.63. The van der Waals surface area contributed by atoms with Gasteiger partial charge in [0.15, 0.2) is 0 Å². The van der Waals surface area contributed by atoms with Gasteiger partial charge in [0.2, 0.25) is 0 Å². The molecule has 0 rings (SSSR count). The topological polar surface area (TPSA) is 64.5 Å². The third-order valence-electron chi connectivity index (χ3n) is 0.501. The molecule has 0 aromatic heterocycles. The number of aliphatic hydroxyl groups excluding tert-OH is 2. The van der Waals surface area contributed by atoms with Crippen LogP contribution in [0.3, 0.4) is 0 Å². The van der Waals surface area contributed by atoms with E-state index in [2.05, 4.69) is 10.9 Å². The molecule has 0 aliphatic carbocycles. The number of hydrogen-bond acceptors (Lipinski definition) is 4. The summed E-state index contributed by atoms with van der Waals surface area (Å²) < 4.78 is 0. The number of hydrazine groups is 1. The molecule has 0 amide bonds. The second-order valence-corrected chi connectivity index (χ2v) is 1.64. The zero-order valence-electron chi connectivity index (χ0n) is 5.05. The molecular formula is C4H12N2O2. The highest BCUT2D eigenvalue weighted by molar-refractivity contribution is 4.38. The average molecular weight is 120 g/mol. The molecule has 0 radical (unpaired) electrons. The Balaban J connectivity index is 2.93. The summed E-state index contributed by atoms with van der Waals surface area (Å²) in [6.07, 6.45) is -1.27. The zero-order valence-corrected chi connectivity index (χ0v) is 5.05. The van der Waals surface area contributed by atoms with Gasteiger partial charge < -0.3 is 10.2 Å². The van der Waals surface area contributed by atoms with Crippen LogP contribution in [0.25, 0.3) is 0 Å². The monoisotopic (exact) mass is 120 g/mol. The third kappa shape index (κ3) is 5.84. The second-order valence-electron chi connectivity index (χ2n) is 1.64. The lowest BCUT2D eigenvalue weighted by atomic mass is 10.7. The lowest BCUT2D eigenvalue weighted by Crippen LogP contribution is -2.43. The highest BCUT2D eigenvalue weighted by Gasteiger charge is 1.93. The van der Waals surface area contributed by atoms with Crippen molar-refractivity contribution < 1.29 is 10.2 Å². The van der Waals surface area contributed by atoms with Crippen molar-refractivity contribution in [3.63, 3.8) is 0 Å². The van der Waals surface area contributed by atoms with E-state index < -0.39 is 12.5 Å². The van der Waals surface area contributed by atoms with Crippen molar-refractivity contribution in [1.82, 2.24) is 10.9 Å². The van der Waals surface area contributed by atoms with Crippen LogP contribution in [0.1, 0.15) is 13.8 Å². The fourth-order valence-electron chi connectivity index (χ4n) is 0.241. The summed E-state index contributed by atoms with van der Waals surface area (Å²) in [5, 5.41) is 17.0. The van der Waals surface area contributed by atoms with Crippen molar-refractivity contribution in [1.29, 1.82) is 0 Å². The quantitative estimate of drug-likeness (QED) is 0.278. The Bertz CT molecular complexity index is 48.0. The highest BCUT2D eigenvalue weighted by Crippen LogP contribution is 1.68. The molecule has 0 fully saturated rings. The van der Waals surface area contributed by atoms with Crippen LogP contribution in [0, 0.1) is 0 Å². The van der Waals surface area contributed by atoms with Crippen LogP contribution < -0.4 is 10.9 Å². The standard InChI is InChI=1S/C4H12N2O2/c1-3(7)5-6-4(2)8/h3-8H,1-2H3. The molecule has 4 nitrogen and oxygen atoms in total. The number of hydrogen-bond donors (Lipinski definition) is 4. The van der Waals surface area contributed by atoms with Gasteiger partial charge in [0, 0.05) is 0 Å². The first-order valence-electron chi connectivity index (χ1n) is 2.50. The van der Waals surface area contributed by atoms with Gasteiger partial charge in [-0.1, -0.05) is 0 Å². The molecular weight excluding hydrogens is 108 g/mol. The van der Waals surface area contributed by atoms with Crippen molar-refractivity contribution in [3.8, 4) is 0 Å². The molecule has 4 N–H and O–H groups in total. The molecule has 0 aliphatic heterocycles. The Morgan fingerprint density at radius 1 is 1.00 bits per heavy atom. The SMILES string of the molecule is CC(O)NNC(C)O. The van der Waals surface area contributed by atoms with Gasteiger partial charge in [0.1, 0.15) is 12.5 Å². The van der Waals surface area contributed by atoms with E-state index >= 15 is 0 Å². The Morgan fingerprint density at radius 2 is 1.25 bits per heavy atom. The van der Waals surface area contributed by atoms with Crippen molar-refractivity contribution in [2.24, 2.45) is 0 Å². The molecule has 8 heavy (non-hydrogen) atoms. The average Bonchev–Trinajstić information content (AvgIpc) is 1.61. The third-order valence-corrected chi connectivity index (χ3v) is 0.501. The van der Waals surface area contributed by atoms with Gasteiger partial charge >= 0.3 is 0 Å². The Kier molecular flexibility index (Phi) is 3.72. The van der Waals surface area contributed by atoms with Crippen LogP contribution in [-0.4, -0.2) is 22.7 Å². The first-order valence-corrected chi connectivity index (χ1v) is 2.50. The van der Waals surface area contributed by atoms with E-state index in [1.807, 2.05) is 0 Å². The zero-order chi connectivity index (χ0) is 6.57. The maximum absolute atomic E-state index is 8.52. The van der Waals surface area contributed by atoms with Gasteiger partial charge in [-0.2, -0.15) is 0 Å². The predicted molar refractivity (Wildman–Crippen MR) is 29.6 cm³/mol. The first kappa shape index (κ1) is 7.84. The van der Waals surface area contributed by atoms with Gasteiger partial charge in [0.25, 0.3) is 0 Å². The fraction of sp³-hybridized carbons (Fsp3) is 1.00. The van der Waals surface area contributed by atoms with E-state index in [1.165, 1.54) is 0 Å². The van der Waals surface area contributed by atoms with Crippen LogP contribution in [0.5, 0.6) is 0 Å². The summed E-state index contributed by atoms with van der Waals surface area (Å²) >= 11 is 0. The molecule has 0 saturated carbocycles. The minimum absolute atomic E-state index is 0.635. The van der Waals surface area contributed by atoms with Gasteiger partial charge in [-0.3, -0.25) is 0 Å². The smallest absolute Gasteiger partial charge is 0.114 e. The molecule has 0 heterocycles. The molecule has 50 valence electrons. The van der Waals surface area contributed by atoms with Crippen LogP contribution in [0.2, 0.25) is 0 Å². The normalized spacial score (nSPS) is 18.0. The van der Waals surface area contributed by atoms with E-state index in [1.54, 1.807) is 13.8 Å². The van der Waals surface area contributed by atoms with Crippen LogP contribution in [0.15, 0.2) is 0 Å². The summed E-state index contributed by atoms with van der Waals surface area (Å²) in [4.78, 5) is 0. The van der Waals surface area contributed by atoms with Crippen LogP contribution >= 0.6 is 0 Å². The minimum Gasteiger partial charge on any atom is -0.378 e. The van der Waals surface area contributed by atoms with Gasteiger partial charge in [0.05, 0.1) is 0 Å². The van der Waals surface area contributed by atoms with Gasteiger partial charge in [-0.15, -0.1) is 0 Å². The number of aliphatic hydroxyl groups is 2. The van der Waals surface area contributed by atoms with E-state index in [-0.39, 0.29) is 0 Å². The lowest BCUT2D eigenvalue weighted by Gasteiger charge is -2.10. The summed E-state index contributed by atoms with van der Waals surface area (Å²) in [6, 6.07) is 0. The second kappa shape index (κ2) is 3.80. The van der Waals surface area contributed by atoms with Crippen LogP contribution in [0.4, 0.5) is 0 Å². The molecule has 0 spiro atoms. The predicted octanol–water partition coefficient (Wildman–Crippen LogP) is -1.24. The largest absolute Gasteiger partial charge is 0.378 e. The maximum atomic E-state index is 8.52. The highest BCUT2D eigenvalue weighted by atomic mass is 16.3. The van der Waals surface area contributed by atoms with E-state index in [0.29, 0.717) is 0 Å². The summed E-state index contributed by atoms with van der Waals surface area (Å²) in [6.45, 7) is 3.10. The van der Waals surface area contributed by atoms with E-state index in [9.17, 15) is 0 Å². The van der Waals surface area contributed by atoms with Gasteiger partial charge in [-0.25, -0.2) is 10.9 Å². The molecule has 0 aromatic carbocycles. The maximum Gasteiger partial charge on any atom is 0.114 e. The number of nitrogens with one attached hydrogen (secondary N) is 2. The number of rotatable bonds is 3. The van der Waals surface area contributed by atoms with E-state index in [4.69, 9.17) is 10.2 Å². The Labute approximate surface area is 48.5 Å². The molecule has 0 bridgehead atoms. The molecule has 0 aliphatic rings. The lowest BCUT2D eigenvalue weighted by molar-refractivity contribution is 0.0751. The van der Waals surface area contributed by atoms with E-state index in [0.717, 1.165) is 0 Å². The van der Waals surface area contributed by atoms with Gasteiger partial charge in [-0.05, 0) is 13.8 Å². The van der Waals surface area contributed by atoms with Crippen molar-refractivity contribution in [2.45, 2.75) is 26.3 Å². The Hall–Kier alpha value is -0.160. The molecule has 4 heteroatoms. The van der Waals surface area contributed by atoms with Crippen molar-refractivity contribution >= 4 is 0 Å². The summed E-state index contributed by atoms with van der Waals surface area (Å²) in [5.41, 5.74) is 4.80. The molecule has 2 atom stereocenters. The van der Waals surface area contributed by atoms with Crippen molar-refractivity contribution in [2.75, 3.05) is 0 Å². The Morgan fingerprint density at radius 3 is 1.38 bits per heavy atom. The molecule has 0 saturated heterocycles. The summed E-state index contributed by atoms with van der Waals surface area (Å²) in [7, 11) is 0. The molecule has 0 aromatic rings.